The normalized spacial score (nSPS) is 23.1. The van der Waals surface area contributed by atoms with Crippen LogP contribution in [-0.2, 0) is 4.74 Å². The molecule has 1 aliphatic rings. The highest BCUT2D eigenvalue weighted by Crippen LogP contribution is 1.89. The Morgan fingerprint density at radius 2 is 2.56 bits per heavy atom. The summed E-state index contributed by atoms with van der Waals surface area (Å²) in [5.41, 5.74) is 0. The second-order valence-corrected chi connectivity index (χ2v) is 2.13. The van der Waals surface area contributed by atoms with Gasteiger partial charge in [0.05, 0.1) is 0 Å². The first-order valence-electron chi connectivity index (χ1n) is 3.15. The SMILES string of the molecule is CC(O)[N+]1=CCOCC1. The van der Waals surface area contributed by atoms with Crippen LogP contribution >= 0.6 is 0 Å². The molecule has 52 valence electrons. The largest absolute Gasteiger partial charge is 0.365 e. The van der Waals surface area contributed by atoms with Gasteiger partial charge in [0.25, 0.3) is 6.23 Å². The maximum absolute atomic E-state index is 9.02. The van der Waals surface area contributed by atoms with Crippen LogP contribution in [0.4, 0.5) is 0 Å². The highest BCUT2D eigenvalue weighted by molar-refractivity contribution is 5.52. The molecular formula is C6H12NO2+. The molecule has 1 N–H and O–H groups in total. The lowest BCUT2D eigenvalue weighted by Crippen LogP contribution is -2.32. The zero-order valence-corrected chi connectivity index (χ0v) is 5.58. The number of hydrogen-bond acceptors (Lipinski definition) is 2. The fourth-order valence-corrected chi connectivity index (χ4v) is 0.832. The van der Waals surface area contributed by atoms with Crippen LogP contribution in [0.15, 0.2) is 0 Å². The van der Waals surface area contributed by atoms with E-state index in [9.17, 15) is 0 Å². The van der Waals surface area contributed by atoms with Gasteiger partial charge in [0.15, 0.2) is 12.8 Å². The Morgan fingerprint density at radius 3 is 2.89 bits per heavy atom. The van der Waals surface area contributed by atoms with Crippen LogP contribution in [0.2, 0.25) is 0 Å². The van der Waals surface area contributed by atoms with Crippen molar-refractivity contribution in [1.29, 1.82) is 0 Å². The second kappa shape index (κ2) is 2.94. The molecule has 1 aliphatic heterocycles. The summed E-state index contributed by atoms with van der Waals surface area (Å²) in [4.78, 5) is 0. The first kappa shape index (κ1) is 6.71. The van der Waals surface area contributed by atoms with Gasteiger partial charge < -0.3 is 9.84 Å². The van der Waals surface area contributed by atoms with Crippen LogP contribution < -0.4 is 0 Å². The minimum Gasteiger partial charge on any atom is -0.365 e. The molecule has 3 nitrogen and oxygen atoms in total. The van der Waals surface area contributed by atoms with E-state index in [0.717, 1.165) is 13.2 Å². The van der Waals surface area contributed by atoms with Crippen LogP contribution in [0.25, 0.3) is 0 Å². The van der Waals surface area contributed by atoms with Gasteiger partial charge >= 0.3 is 0 Å². The van der Waals surface area contributed by atoms with E-state index in [-0.39, 0.29) is 6.23 Å². The molecule has 1 rings (SSSR count). The number of rotatable bonds is 1. The molecule has 0 saturated heterocycles. The van der Waals surface area contributed by atoms with Crippen LogP contribution in [0.3, 0.4) is 0 Å². The van der Waals surface area contributed by atoms with Crippen molar-refractivity contribution in [3.05, 3.63) is 0 Å². The van der Waals surface area contributed by atoms with E-state index in [1.807, 2.05) is 10.8 Å². The Balaban J connectivity index is 2.46. The maximum atomic E-state index is 9.02. The Kier molecular flexibility index (Phi) is 2.19. The topological polar surface area (TPSA) is 32.5 Å². The van der Waals surface area contributed by atoms with Crippen molar-refractivity contribution >= 4 is 6.21 Å². The third kappa shape index (κ3) is 1.77. The molecule has 3 heteroatoms. The molecule has 0 aromatic heterocycles. The third-order valence-corrected chi connectivity index (χ3v) is 1.40. The zero-order valence-electron chi connectivity index (χ0n) is 5.58. The van der Waals surface area contributed by atoms with E-state index in [4.69, 9.17) is 9.84 Å². The standard InChI is InChI=1S/C6H12NO2/c1-6(8)7-2-4-9-5-3-7/h2,6,8H,3-5H2,1H3/q+1. The highest BCUT2D eigenvalue weighted by atomic mass is 16.5. The Labute approximate surface area is 54.6 Å². The van der Waals surface area contributed by atoms with Crippen LogP contribution in [-0.4, -0.2) is 41.9 Å². The van der Waals surface area contributed by atoms with Crippen molar-refractivity contribution < 1.29 is 14.4 Å². The van der Waals surface area contributed by atoms with Crippen LogP contribution in [0.5, 0.6) is 0 Å². The van der Waals surface area contributed by atoms with Gasteiger partial charge in [-0.3, -0.25) is 0 Å². The molecule has 0 aromatic carbocycles. The van der Waals surface area contributed by atoms with Crippen molar-refractivity contribution in [2.24, 2.45) is 0 Å². The Bertz CT molecular complexity index is 120. The molecule has 1 unspecified atom stereocenters. The summed E-state index contributed by atoms with van der Waals surface area (Å²) >= 11 is 0. The van der Waals surface area contributed by atoms with Gasteiger partial charge in [0.1, 0.15) is 13.2 Å². The van der Waals surface area contributed by atoms with E-state index in [1.165, 1.54) is 0 Å². The minimum absolute atomic E-state index is 0.367. The van der Waals surface area contributed by atoms with Gasteiger partial charge in [-0.05, 0) is 0 Å². The van der Waals surface area contributed by atoms with Gasteiger partial charge in [-0.15, -0.1) is 0 Å². The minimum atomic E-state index is -0.367. The summed E-state index contributed by atoms with van der Waals surface area (Å²) in [6.45, 7) is 3.91. The Morgan fingerprint density at radius 1 is 1.78 bits per heavy atom. The molecule has 0 spiro atoms. The molecule has 0 saturated carbocycles. The quantitative estimate of drug-likeness (QED) is 0.482. The van der Waals surface area contributed by atoms with E-state index >= 15 is 0 Å². The molecule has 0 radical (unpaired) electrons. The molecule has 0 fully saturated rings. The molecule has 0 amide bonds. The van der Waals surface area contributed by atoms with E-state index in [1.54, 1.807) is 6.92 Å². The van der Waals surface area contributed by atoms with Gasteiger partial charge in [-0.2, -0.15) is 0 Å². The van der Waals surface area contributed by atoms with Crippen LogP contribution in [0.1, 0.15) is 6.92 Å². The van der Waals surface area contributed by atoms with Crippen LogP contribution in [0, 0.1) is 0 Å². The predicted octanol–water partition coefficient (Wildman–Crippen LogP) is -0.562. The number of hydrogen-bond donors (Lipinski definition) is 1. The first-order chi connectivity index (χ1) is 4.30. The molecule has 1 atom stereocenters. The highest BCUT2D eigenvalue weighted by Gasteiger charge is 2.13. The summed E-state index contributed by atoms with van der Waals surface area (Å²) in [5, 5.41) is 9.02. The molecule has 1 heterocycles. The zero-order chi connectivity index (χ0) is 6.69. The summed E-state index contributed by atoms with van der Waals surface area (Å²) < 4.78 is 6.91. The van der Waals surface area contributed by atoms with Crippen molar-refractivity contribution in [3.8, 4) is 0 Å². The number of aliphatic hydroxyl groups is 1. The van der Waals surface area contributed by atoms with Gasteiger partial charge in [0, 0.05) is 6.92 Å². The van der Waals surface area contributed by atoms with Crippen molar-refractivity contribution in [2.45, 2.75) is 13.2 Å². The van der Waals surface area contributed by atoms with E-state index in [2.05, 4.69) is 0 Å². The molecule has 0 aliphatic carbocycles. The monoisotopic (exact) mass is 130 g/mol. The number of aliphatic hydroxyl groups excluding tert-OH is 1. The number of nitrogens with zero attached hydrogens (tertiary/aromatic N) is 1. The second-order valence-electron chi connectivity index (χ2n) is 2.13. The smallest absolute Gasteiger partial charge is 0.251 e. The lowest BCUT2D eigenvalue weighted by Gasteiger charge is -2.10. The van der Waals surface area contributed by atoms with Gasteiger partial charge in [-0.1, -0.05) is 0 Å². The average molecular weight is 130 g/mol. The van der Waals surface area contributed by atoms with Crippen molar-refractivity contribution in [2.75, 3.05) is 19.8 Å². The van der Waals surface area contributed by atoms with Crippen molar-refractivity contribution in [1.82, 2.24) is 0 Å². The molecule has 0 aromatic rings. The van der Waals surface area contributed by atoms with Gasteiger partial charge in [-0.25, -0.2) is 4.58 Å². The predicted molar refractivity (Wildman–Crippen MR) is 33.7 cm³/mol. The Hall–Kier alpha value is -0.410. The summed E-state index contributed by atoms with van der Waals surface area (Å²) in [5.74, 6) is 0. The van der Waals surface area contributed by atoms with Gasteiger partial charge in [0.2, 0.25) is 0 Å². The lowest BCUT2D eigenvalue weighted by molar-refractivity contribution is -0.608. The molecular weight excluding hydrogens is 118 g/mol. The number of ether oxygens (including phenoxy) is 1. The fourth-order valence-electron chi connectivity index (χ4n) is 0.832. The summed E-state index contributed by atoms with van der Waals surface area (Å²) in [6.07, 6.45) is 1.50. The van der Waals surface area contributed by atoms with E-state index in [0.29, 0.717) is 6.61 Å². The first-order valence-corrected chi connectivity index (χ1v) is 3.15. The van der Waals surface area contributed by atoms with Crippen molar-refractivity contribution in [3.63, 3.8) is 0 Å². The fraction of sp³-hybridized carbons (Fsp3) is 0.833. The van der Waals surface area contributed by atoms with E-state index < -0.39 is 0 Å². The maximum Gasteiger partial charge on any atom is 0.251 e. The molecule has 0 bridgehead atoms. The summed E-state index contributed by atoms with van der Waals surface area (Å²) in [7, 11) is 0. The summed E-state index contributed by atoms with van der Waals surface area (Å²) in [6, 6.07) is 0. The third-order valence-electron chi connectivity index (χ3n) is 1.40. The molecule has 9 heavy (non-hydrogen) atoms. The lowest BCUT2D eigenvalue weighted by atomic mass is 10.5. The average Bonchev–Trinajstić information content (AvgIpc) is 1.90.